The maximum absolute atomic E-state index is 12.8. The number of ketones is 1. The number of amides is 3. The second-order valence-corrected chi connectivity index (χ2v) is 6.83. The summed E-state index contributed by atoms with van der Waals surface area (Å²) < 4.78 is 0. The van der Waals surface area contributed by atoms with E-state index in [0.717, 1.165) is 11.3 Å². The molecular formula is C19H22N4O4. The van der Waals surface area contributed by atoms with E-state index in [1.54, 1.807) is 24.3 Å². The van der Waals surface area contributed by atoms with E-state index in [2.05, 4.69) is 15.8 Å². The van der Waals surface area contributed by atoms with E-state index in [1.807, 2.05) is 13.8 Å². The van der Waals surface area contributed by atoms with E-state index in [1.165, 1.54) is 6.92 Å². The zero-order valence-corrected chi connectivity index (χ0v) is 15.5. The molecule has 8 nitrogen and oxygen atoms in total. The van der Waals surface area contributed by atoms with Gasteiger partial charge in [-0.15, -0.1) is 0 Å². The molecule has 0 saturated carbocycles. The summed E-state index contributed by atoms with van der Waals surface area (Å²) in [7, 11) is 0. The molecule has 2 aliphatic rings. The van der Waals surface area contributed by atoms with Gasteiger partial charge in [-0.25, -0.2) is 0 Å². The van der Waals surface area contributed by atoms with E-state index in [-0.39, 0.29) is 24.1 Å². The van der Waals surface area contributed by atoms with Crippen LogP contribution in [-0.2, 0) is 9.59 Å². The van der Waals surface area contributed by atoms with Crippen molar-refractivity contribution in [3.63, 3.8) is 0 Å². The molecule has 3 rings (SSSR count). The number of carbonyl (C=O) groups excluding carboxylic acids is 4. The molecule has 3 amide bonds. The van der Waals surface area contributed by atoms with Crippen molar-refractivity contribution in [1.82, 2.24) is 15.6 Å². The number of imide groups is 1. The van der Waals surface area contributed by atoms with Gasteiger partial charge in [0.2, 0.25) is 11.7 Å². The highest BCUT2D eigenvalue weighted by atomic mass is 16.2. The molecule has 2 aliphatic heterocycles. The van der Waals surface area contributed by atoms with Gasteiger partial charge in [0.05, 0.1) is 11.1 Å². The number of rotatable bonds is 6. The van der Waals surface area contributed by atoms with Crippen molar-refractivity contribution in [2.24, 2.45) is 5.10 Å². The third-order valence-electron chi connectivity index (χ3n) is 4.95. The minimum atomic E-state index is -0.991. The van der Waals surface area contributed by atoms with Gasteiger partial charge < -0.3 is 5.32 Å². The molecule has 1 aromatic carbocycles. The molecule has 0 spiro atoms. The summed E-state index contributed by atoms with van der Waals surface area (Å²) in [5.41, 5.74) is 3.41. The van der Waals surface area contributed by atoms with Gasteiger partial charge in [-0.1, -0.05) is 19.1 Å². The van der Waals surface area contributed by atoms with Gasteiger partial charge in [0.25, 0.3) is 11.8 Å². The van der Waals surface area contributed by atoms with Crippen LogP contribution >= 0.6 is 0 Å². The molecule has 0 fully saturated rings. The summed E-state index contributed by atoms with van der Waals surface area (Å²) >= 11 is 0. The standard InChI is InChI=1S/C19H22N4O4/c1-4-10(2)20-17(25)15-9-14(21-22-15)16(24)11(3)23-18(26)12-7-5-6-8-13(12)19(23)27/h5-8,10-11,15,22H,4,9H2,1-3H3,(H,20,25). The molecular weight excluding hydrogens is 348 g/mol. The summed E-state index contributed by atoms with van der Waals surface area (Å²) in [6.07, 6.45) is 0.913. The topological polar surface area (TPSA) is 108 Å². The summed E-state index contributed by atoms with van der Waals surface area (Å²) in [4.78, 5) is 51.0. The third-order valence-corrected chi connectivity index (χ3v) is 4.95. The van der Waals surface area contributed by atoms with Gasteiger partial charge in [0.15, 0.2) is 0 Å². The van der Waals surface area contributed by atoms with Gasteiger partial charge in [-0.3, -0.25) is 29.5 Å². The van der Waals surface area contributed by atoms with Crippen molar-refractivity contribution < 1.29 is 19.2 Å². The second-order valence-electron chi connectivity index (χ2n) is 6.83. The maximum Gasteiger partial charge on any atom is 0.262 e. The average Bonchev–Trinajstić information content (AvgIpc) is 3.25. The molecule has 8 heteroatoms. The van der Waals surface area contributed by atoms with Crippen LogP contribution in [0.1, 0.15) is 54.3 Å². The number of hydrogen-bond donors (Lipinski definition) is 2. The Morgan fingerprint density at radius 3 is 2.37 bits per heavy atom. The second kappa shape index (κ2) is 7.30. The summed E-state index contributed by atoms with van der Waals surface area (Å²) in [6.45, 7) is 5.35. The van der Waals surface area contributed by atoms with Crippen LogP contribution < -0.4 is 10.7 Å². The number of nitrogens with zero attached hydrogens (tertiary/aromatic N) is 2. The Bertz CT molecular complexity index is 813. The normalized spacial score (nSPS) is 20.6. The predicted molar refractivity (Wildman–Crippen MR) is 98.3 cm³/mol. The number of Topliss-reactive ketones (excluding diaryl/α,β-unsaturated/α-hetero) is 1. The highest BCUT2D eigenvalue weighted by molar-refractivity contribution is 6.43. The van der Waals surface area contributed by atoms with Gasteiger partial charge in [-0.2, -0.15) is 5.10 Å². The molecule has 2 heterocycles. The van der Waals surface area contributed by atoms with Crippen molar-refractivity contribution in [1.29, 1.82) is 0 Å². The largest absolute Gasteiger partial charge is 0.352 e. The zero-order chi connectivity index (χ0) is 19.7. The van der Waals surface area contributed by atoms with Crippen molar-refractivity contribution in [2.45, 2.75) is 51.7 Å². The smallest absolute Gasteiger partial charge is 0.262 e. The summed E-state index contributed by atoms with van der Waals surface area (Å²) in [5, 5.41) is 6.81. The van der Waals surface area contributed by atoms with Gasteiger partial charge >= 0.3 is 0 Å². The SMILES string of the molecule is CCC(C)NC(=O)C1CC(C(=O)C(C)N2C(=O)c3ccccc3C2=O)=NN1. The van der Waals surface area contributed by atoms with Gasteiger partial charge in [0.1, 0.15) is 17.8 Å². The Kier molecular flexibility index (Phi) is 5.07. The molecule has 2 N–H and O–H groups in total. The Hall–Kier alpha value is -3.03. The quantitative estimate of drug-likeness (QED) is 0.723. The number of benzene rings is 1. The predicted octanol–water partition coefficient (Wildman–Crippen LogP) is 0.873. The van der Waals surface area contributed by atoms with Crippen LogP contribution in [-0.4, -0.2) is 52.2 Å². The molecule has 0 aliphatic carbocycles. The Morgan fingerprint density at radius 2 is 1.81 bits per heavy atom. The van der Waals surface area contributed by atoms with E-state index >= 15 is 0 Å². The van der Waals surface area contributed by atoms with Crippen LogP contribution in [0.3, 0.4) is 0 Å². The molecule has 1 aromatic rings. The average molecular weight is 370 g/mol. The molecule has 27 heavy (non-hydrogen) atoms. The van der Waals surface area contributed by atoms with Crippen molar-refractivity contribution in [2.75, 3.05) is 0 Å². The first-order valence-electron chi connectivity index (χ1n) is 8.98. The van der Waals surface area contributed by atoms with Crippen LogP contribution in [0.2, 0.25) is 0 Å². The lowest BCUT2D eigenvalue weighted by Crippen LogP contribution is -2.46. The molecule has 0 radical (unpaired) electrons. The molecule has 142 valence electrons. The Labute approximate surface area is 157 Å². The van der Waals surface area contributed by atoms with Crippen molar-refractivity contribution >= 4 is 29.2 Å². The minimum absolute atomic E-state index is 0.0244. The fraction of sp³-hybridized carbons (Fsp3) is 0.421. The number of carbonyl (C=O) groups is 4. The zero-order valence-electron chi connectivity index (χ0n) is 15.5. The van der Waals surface area contributed by atoms with E-state index < -0.39 is 29.7 Å². The minimum Gasteiger partial charge on any atom is -0.352 e. The highest BCUT2D eigenvalue weighted by Crippen LogP contribution is 2.25. The molecule has 3 atom stereocenters. The number of nitrogens with one attached hydrogen (secondary N) is 2. The van der Waals surface area contributed by atoms with Crippen LogP contribution in [0.5, 0.6) is 0 Å². The number of hydrogen-bond acceptors (Lipinski definition) is 6. The first-order valence-corrected chi connectivity index (χ1v) is 8.98. The molecule has 0 saturated heterocycles. The first kappa shape index (κ1) is 18.8. The van der Waals surface area contributed by atoms with E-state index in [0.29, 0.717) is 11.1 Å². The number of hydrazone groups is 1. The molecule has 0 bridgehead atoms. The van der Waals surface area contributed by atoms with Crippen LogP contribution in [0.25, 0.3) is 0 Å². The van der Waals surface area contributed by atoms with E-state index in [9.17, 15) is 19.2 Å². The fourth-order valence-corrected chi connectivity index (χ4v) is 3.11. The summed E-state index contributed by atoms with van der Waals surface area (Å²) in [6, 6.07) is 4.88. The first-order chi connectivity index (χ1) is 12.8. The van der Waals surface area contributed by atoms with Gasteiger partial charge in [0, 0.05) is 12.5 Å². The van der Waals surface area contributed by atoms with Crippen LogP contribution in [0, 0.1) is 0 Å². The van der Waals surface area contributed by atoms with Crippen LogP contribution in [0.15, 0.2) is 29.4 Å². The lowest BCUT2D eigenvalue weighted by Gasteiger charge is -2.21. The Balaban J connectivity index is 1.68. The van der Waals surface area contributed by atoms with E-state index in [4.69, 9.17) is 0 Å². The molecule has 3 unspecified atom stereocenters. The van der Waals surface area contributed by atoms with Crippen molar-refractivity contribution in [3.05, 3.63) is 35.4 Å². The number of fused-ring (bicyclic) bond motifs is 1. The monoisotopic (exact) mass is 370 g/mol. The lowest BCUT2D eigenvalue weighted by molar-refractivity contribution is -0.123. The van der Waals surface area contributed by atoms with Gasteiger partial charge in [-0.05, 0) is 32.4 Å². The third kappa shape index (κ3) is 3.34. The molecule has 0 aromatic heterocycles. The summed E-state index contributed by atoms with van der Waals surface area (Å²) in [5.74, 6) is -1.66. The highest BCUT2D eigenvalue weighted by Gasteiger charge is 2.42. The van der Waals surface area contributed by atoms with Crippen LogP contribution in [0.4, 0.5) is 0 Å². The fourth-order valence-electron chi connectivity index (χ4n) is 3.11. The lowest BCUT2D eigenvalue weighted by atomic mass is 10.0. The van der Waals surface area contributed by atoms with Crippen molar-refractivity contribution in [3.8, 4) is 0 Å². The maximum atomic E-state index is 12.8. The Morgan fingerprint density at radius 1 is 1.22 bits per heavy atom.